The zero-order chi connectivity index (χ0) is 14.0. The van der Waals surface area contributed by atoms with Gasteiger partial charge in [0.25, 0.3) is 0 Å². The Balaban J connectivity index is 2.13. The van der Waals surface area contributed by atoms with Crippen LogP contribution < -0.4 is 5.32 Å². The number of anilines is 1. The van der Waals surface area contributed by atoms with E-state index in [2.05, 4.69) is 40.0 Å². The summed E-state index contributed by atoms with van der Waals surface area (Å²) in [5.41, 5.74) is 0.730. The first-order chi connectivity index (χ1) is 8.96. The van der Waals surface area contributed by atoms with Crippen molar-refractivity contribution in [1.82, 2.24) is 4.90 Å². The summed E-state index contributed by atoms with van der Waals surface area (Å²) in [6, 6.07) is 6.27. The van der Waals surface area contributed by atoms with Gasteiger partial charge in [0.1, 0.15) is 0 Å². The van der Waals surface area contributed by atoms with E-state index in [1.54, 1.807) is 0 Å². The number of aliphatic hydroxyl groups is 1. The minimum absolute atomic E-state index is 0.135. The monoisotopic (exact) mass is 346 g/mol. The van der Waals surface area contributed by atoms with Gasteiger partial charge < -0.3 is 10.4 Å². The molecule has 1 unspecified atom stereocenters. The Morgan fingerprint density at radius 2 is 2.26 bits per heavy atom. The van der Waals surface area contributed by atoms with Crippen LogP contribution in [-0.2, 0) is 0 Å². The number of benzene rings is 1. The average molecular weight is 348 g/mol. The van der Waals surface area contributed by atoms with E-state index >= 15 is 0 Å². The summed E-state index contributed by atoms with van der Waals surface area (Å²) >= 11 is 9.42. The zero-order valence-electron chi connectivity index (χ0n) is 11.3. The predicted octanol–water partition coefficient (Wildman–Crippen LogP) is 3.36. The highest BCUT2D eigenvalue weighted by molar-refractivity contribution is 9.10. The maximum Gasteiger partial charge on any atom is 0.0742 e. The quantitative estimate of drug-likeness (QED) is 0.876. The second kappa shape index (κ2) is 6.00. The molecule has 5 heteroatoms. The summed E-state index contributed by atoms with van der Waals surface area (Å²) in [6.07, 6.45) is 0.946. The molecule has 3 nitrogen and oxygen atoms in total. The summed E-state index contributed by atoms with van der Waals surface area (Å²) in [5.74, 6) is 0. The van der Waals surface area contributed by atoms with Crippen molar-refractivity contribution in [2.24, 2.45) is 0 Å². The Morgan fingerprint density at radius 3 is 2.79 bits per heavy atom. The molecule has 2 rings (SSSR count). The molecular weight excluding hydrogens is 328 g/mol. The van der Waals surface area contributed by atoms with Crippen LogP contribution in [0.3, 0.4) is 0 Å². The summed E-state index contributed by atoms with van der Waals surface area (Å²) in [5, 5.41) is 13.9. The van der Waals surface area contributed by atoms with Crippen LogP contribution in [0.4, 0.5) is 5.69 Å². The molecule has 19 heavy (non-hydrogen) atoms. The third-order valence-corrected chi connectivity index (χ3v) is 4.96. The first kappa shape index (κ1) is 15.1. The Morgan fingerprint density at radius 1 is 1.53 bits per heavy atom. The van der Waals surface area contributed by atoms with Crippen molar-refractivity contribution in [3.8, 4) is 0 Å². The largest absolute Gasteiger partial charge is 0.394 e. The lowest BCUT2D eigenvalue weighted by Crippen LogP contribution is -2.45. The van der Waals surface area contributed by atoms with Crippen molar-refractivity contribution in [1.29, 1.82) is 0 Å². The van der Waals surface area contributed by atoms with Gasteiger partial charge in [0.05, 0.1) is 17.2 Å². The number of rotatable bonds is 4. The summed E-state index contributed by atoms with van der Waals surface area (Å²) in [7, 11) is 0. The Kier molecular flexibility index (Phi) is 4.77. The van der Waals surface area contributed by atoms with Gasteiger partial charge in [-0.15, -0.1) is 0 Å². The predicted molar refractivity (Wildman–Crippen MR) is 83.9 cm³/mol. The number of nitrogens with one attached hydrogen (secondary N) is 1. The molecule has 1 aliphatic rings. The molecule has 0 aliphatic carbocycles. The van der Waals surface area contributed by atoms with Gasteiger partial charge in [-0.3, -0.25) is 4.90 Å². The number of aliphatic hydroxyl groups excluding tert-OH is 1. The van der Waals surface area contributed by atoms with Gasteiger partial charge in [-0.05, 0) is 54.4 Å². The average Bonchev–Trinajstić information content (AvgIpc) is 2.79. The van der Waals surface area contributed by atoms with Crippen molar-refractivity contribution >= 4 is 33.2 Å². The maximum absolute atomic E-state index is 9.77. The highest BCUT2D eigenvalue weighted by Crippen LogP contribution is 2.30. The smallest absolute Gasteiger partial charge is 0.0742 e. The van der Waals surface area contributed by atoms with E-state index in [4.69, 9.17) is 11.6 Å². The highest BCUT2D eigenvalue weighted by atomic mass is 79.9. The lowest BCUT2D eigenvalue weighted by Gasteiger charge is -2.31. The third kappa shape index (κ3) is 3.43. The van der Waals surface area contributed by atoms with Gasteiger partial charge in [-0.1, -0.05) is 11.6 Å². The molecule has 0 spiro atoms. The molecule has 1 fully saturated rings. The topological polar surface area (TPSA) is 35.5 Å². The Labute approximate surface area is 128 Å². The van der Waals surface area contributed by atoms with E-state index in [0.29, 0.717) is 11.1 Å². The number of nitrogens with zero attached hydrogens (tertiary/aromatic N) is 1. The molecule has 0 bridgehead atoms. The van der Waals surface area contributed by atoms with E-state index < -0.39 is 0 Å². The van der Waals surface area contributed by atoms with Crippen molar-refractivity contribution in [3.05, 3.63) is 27.7 Å². The van der Waals surface area contributed by atoms with Crippen molar-refractivity contribution in [3.63, 3.8) is 0 Å². The van der Waals surface area contributed by atoms with Crippen LogP contribution in [-0.4, -0.2) is 41.3 Å². The van der Waals surface area contributed by atoms with Crippen LogP contribution in [0.15, 0.2) is 22.7 Å². The molecule has 0 radical (unpaired) electrons. The second-order valence-electron chi connectivity index (χ2n) is 5.51. The third-order valence-electron chi connectivity index (χ3n) is 3.75. The zero-order valence-corrected chi connectivity index (χ0v) is 13.6. The van der Waals surface area contributed by atoms with Gasteiger partial charge in [-0.2, -0.15) is 0 Å². The van der Waals surface area contributed by atoms with Crippen molar-refractivity contribution < 1.29 is 5.11 Å². The Hall–Kier alpha value is -0.290. The molecule has 1 aromatic carbocycles. The van der Waals surface area contributed by atoms with Gasteiger partial charge in [0.15, 0.2) is 0 Å². The second-order valence-corrected chi connectivity index (χ2v) is 6.77. The molecule has 1 heterocycles. The van der Waals surface area contributed by atoms with Crippen LogP contribution in [0.5, 0.6) is 0 Å². The van der Waals surface area contributed by atoms with Crippen LogP contribution in [0.2, 0.25) is 5.02 Å². The SMILES string of the molecule is CC(C)N1CCC(CO)(Nc2ccc(Cl)c(Br)c2)C1. The van der Waals surface area contributed by atoms with Gasteiger partial charge in [0, 0.05) is 29.3 Å². The molecule has 0 amide bonds. The molecule has 1 saturated heterocycles. The molecule has 1 atom stereocenters. The molecule has 0 aromatic heterocycles. The van der Waals surface area contributed by atoms with E-state index in [0.717, 1.165) is 29.7 Å². The first-order valence-electron chi connectivity index (χ1n) is 6.54. The highest BCUT2D eigenvalue weighted by Gasteiger charge is 2.38. The van der Waals surface area contributed by atoms with Gasteiger partial charge >= 0.3 is 0 Å². The van der Waals surface area contributed by atoms with Crippen LogP contribution in [0.1, 0.15) is 20.3 Å². The fourth-order valence-corrected chi connectivity index (χ4v) is 2.99. The summed E-state index contributed by atoms with van der Waals surface area (Å²) in [4.78, 5) is 2.38. The van der Waals surface area contributed by atoms with Crippen LogP contribution in [0.25, 0.3) is 0 Å². The van der Waals surface area contributed by atoms with Gasteiger partial charge in [-0.25, -0.2) is 0 Å². The van der Waals surface area contributed by atoms with Crippen LogP contribution in [0, 0.1) is 0 Å². The summed E-state index contributed by atoms with van der Waals surface area (Å²) < 4.78 is 0.867. The minimum Gasteiger partial charge on any atom is -0.394 e. The van der Waals surface area contributed by atoms with E-state index in [1.165, 1.54) is 0 Å². The molecule has 1 aromatic rings. The normalized spacial score (nSPS) is 24.1. The van der Waals surface area contributed by atoms with Crippen LogP contribution >= 0.6 is 27.5 Å². The lowest BCUT2D eigenvalue weighted by atomic mass is 9.99. The number of likely N-dealkylation sites (tertiary alicyclic amines) is 1. The van der Waals surface area contributed by atoms with Crippen molar-refractivity contribution in [2.45, 2.75) is 31.8 Å². The molecule has 1 aliphatic heterocycles. The molecule has 0 saturated carbocycles. The maximum atomic E-state index is 9.77. The van der Waals surface area contributed by atoms with Crippen molar-refractivity contribution in [2.75, 3.05) is 25.0 Å². The molecule has 106 valence electrons. The number of hydrogen-bond donors (Lipinski definition) is 2. The number of hydrogen-bond acceptors (Lipinski definition) is 3. The lowest BCUT2D eigenvalue weighted by molar-refractivity contribution is 0.196. The summed E-state index contributed by atoms with van der Waals surface area (Å²) in [6.45, 7) is 6.39. The van der Waals surface area contributed by atoms with E-state index in [1.807, 2.05) is 18.2 Å². The first-order valence-corrected chi connectivity index (χ1v) is 7.71. The number of halogens is 2. The standard InChI is InChI=1S/C14H20BrClN2O/c1-10(2)18-6-5-14(8-18,9-19)17-11-3-4-13(16)12(15)7-11/h3-4,7,10,17,19H,5-6,8-9H2,1-2H3. The van der Waals surface area contributed by atoms with Gasteiger partial charge in [0.2, 0.25) is 0 Å². The molecular formula is C14H20BrClN2O. The Bertz CT molecular complexity index is 455. The van der Waals surface area contributed by atoms with E-state index in [9.17, 15) is 5.11 Å². The minimum atomic E-state index is -0.252. The fraction of sp³-hybridized carbons (Fsp3) is 0.571. The molecule has 2 N–H and O–H groups in total. The van der Waals surface area contributed by atoms with E-state index in [-0.39, 0.29) is 12.1 Å². The fourth-order valence-electron chi connectivity index (χ4n) is 2.50.